The molecule has 1 saturated heterocycles. The second kappa shape index (κ2) is 8.10. The summed E-state index contributed by atoms with van der Waals surface area (Å²) in [5.41, 5.74) is 7.43. The topological polar surface area (TPSA) is 108 Å². The van der Waals surface area contributed by atoms with Crippen LogP contribution in [0, 0.1) is 0 Å². The quantitative estimate of drug-likeness (QED) is 0.700. The van der Waals surface area contributed by atoms with Crippen molar-refractivity contribution in [1.82, 2.24) is 9.88 Å². The number of amides is 2. The van der Waals surface area contributed by atoms with E-state index in [1.807, 2.05) is 6.07 Å². The number of rotatable bonds is 4. The third kappa shape index (κ3) is 4.18. The number of nitrogens with zero attached hydrogens (tertiary/aromatic N) is 2. The molecule has 4 rings (SSSR count). The average molecular weight is 416 g/mol. The van der Waals surface area contributed by atoms with Crippen LogP contribution in [0.4, 0.5) is 4.79 Å². The number of ether oxygens (including phenoxy) is 2. The maximum absolute atomic E-state index is 12.5. The summed E-state index contributed by atoms with van der Waals surface area (Å²) in [6, 6.07) is 8.86. The SMILES string of the molecule is NC(=O)OCc1cc2cc(-c3ccc(C(=O)N4CCOCC4)cn3)cc(Cl)c2o1. The normalized spacial score (nSPS) is 14.2. The van der Waals surface area contributed by atoms with Gasteiger partial charge < -0.3 is 24.5 Å². The molecule has 0 bridgehead atoms. The molecule has 0 spiro atoms. The lowest BCUT2D eigenvalue weighted by atomic mass is 10.1. The molecule has 0 unspecified atom stereocenters. The standard InChI is InChI=1S/C20H18ClN3O5/c21-16-9-13(7-14-8-15(29-18(14)16)11-28-20(22)26)17-2-1-12(10-23-17)19(25)24-3-5-27-6-4-24/h1-2,7-10H,3-6,11H2,(H2,22,26). The maximum atomic E-state index is 12.5. The lowest BCUT2D eigenvalue weighted by Gasteiger charge is -2.26. The molecule has 3 heterocycles. The lowest BCUT2D eigenvalue weighted by molar-refractivity contribution is 0.0302. The number of carbonyl (C=O) groups is 2. The summed E-state index contributed by atoms with van der Waals surface area (Å²) in [7, 11) is 0. The summed E-state index contributed by atoms with van der Waals surface area (Å²) in [6.45, 7) is 2.18. The summed E-state index contributed by atoms with van der Waals surface area (Å²) < 4.78 is 15.6. The van der Waals surface area contributed by atoms with Crippen LogP contribution in [0.5, 0.6) is 0 Å². The molecule has 2 aromatic heterocycles. The van der Waals surface area contributed by atoms with Crippen LogP contribution >= 0.6 is 11.6 Å². The predicted molar refractivity (Wildman–Crippen MR) is 106 cm³/mol. The van der Waals surface area contributed by atoms with Gasteiger partial charge in [-0.1, -0.05) is 11.6 Å². The molecule has 3 aromatic rings. The summed E-state index contributed by atoms with van der Waals surface area (Å²) >= 11 is 6.34. The number of halogens is 1. The molecule has 0 saturated carbocycles. The lowest BCUT2D eigenvalue weighted by Crippen LogP contribution is -2.40. The van der Waals surface area contributed by atoms with Crippen molar-refractivity contribution in [2.75, 3.05) is 26.3 Å². The van der Waals surface area contributed by atoms with Crippen molar-refractivity contribution >= 4 is 34.6 Å². The first-order valence-electron chi connectivity index (χ1n) is 8.99. The van der Waals surface area contributed by atoms with Gasteiger partial charge in [0.2, 0.25) is 0 Å². The number of hydrogen-bond donors (Lipinski definition) is 1. The summed E-state index contributed by atoms with van der Waals surface area (Å²) in [6.07, 6.45) is 0.681. The van der Waals surface area contributed by atoms with E-state index >= 15 is 0 Å². The molecule has 2 N–H and O–H groups in total. The molecule has 29 heavy (non-hydrogen) atoms. The van der Waals surface area contributed by atoms with Crippen molar-refractivity contribution in [3.05, 3.63) is 52.9 Å². The van der Waals surface area contributed by atoms with Gasteiger partial charge in [0.1, 0.15) is 5.76 Å². The van der Waals surface area contributed by atoms with Crippen molar-refractivity contribution in [2.24, 2.45) is 5.73 Å². The molecule has 0 atom stereocenters. The van der Waals surface area contributed by atoms with Gasteiger partial charge in [-0.2, -0.15) is 0 Å². The molecule has 8 nitrogen and oxygen atoms in total. The van der Waals surface area contributed by atoms with Crippen LogP contribution in [0.2, 0.25) is 5.02 Å². The van der Waals surface area contributed by atoms with Crippen molar-refractivity contribution in [3.8, 4) is 11.3 Å². The van der Waals surface area contributed by atoms with E-state index < -0.39 is 6.09 Å². The molecule has 1 aliphatic rings. The minimum atomic E-state index is -0.881. The number of aromatic nitrogens is 1. The average Bonchev–Trinajstić information content (AvgIpc) is 3.16. The number of morpholine rings is 1. The van der Waals surface area contributed by atoms with E-state index in [1.54, 1.807) is 35.4 Å². The molecular weight excluding hydrogens is 398 g/mol. The number of hydrogen-bond acceptors (Lipinski definition) is 6. The van der Waals surface area contributed by atoms with Crippen LogP contribution in [0.25, 0.3) is 22.2 Å². The fraction of sp³-hybridized carbons (Fsp3) is 0.250. The first-order valence-corrected chi connectivity index (χ1v) is 9.37. The van der Waals surface area contributed by atoms with Crippen molar-refractivity contribution in [1.29, 1.82) is 0 Å². The van der Waals surface area contributed by atoms with Gasteiger partial charge in [0, 0.05) is 30.2 Å². The highest BCUT2D eigenvalue weighted by atomic mass is 35.5. The smallest absolute Gasteiger partial charge is 0.404 e. The van der Waals surface area contributed by atoms with Crippen molar-refractivity contribution in [2.45, 2.75) is 6.61 Å². The van der Waals surface area contributed by atoms with E-state index in [0.29, 0.717) is 53.9 Å². The van der Waals surface area contributed by atoms with Crippen molar-refractivity contribution in [3.63, 3.8) is 0 Å². The van der Waals surface area contributed by atoms with Crippen LogP contribution in [-0.2, 0) is 16.1 Å². The number of pyridine rings is 1. The van der Waals surface area contributed by atoms with Gasteiger partial charge in [0.05, 0.1) is 29.5 Å². The van der Waals surface area contributed by atoms with Gasteiger partial charge in [0.15, 0.2) is 12.2 Å². The Morgan fingerprint density at radius 2 is 2.00 bits per heavy atom. The molecule has 1 fully saturated rings. The minimum absolute atomic E-state index is 0.0604. The Kier molecular flexibility index (Phi) is 5.37. The Balaban J connectivity index is 1.57. The summed E-state index contributed by atoms with van der Waals surface area (Å²) in [4.78, 5) is 29.5. The zero-order chi connectivity index (χ0) is 20.4. The highest BCUT2D eigenvalue weighted by molar-refractivity contribution is 6.35. The number of carbonyl (C=O) groups excluding carboxylic acids is 2. The van der Waals surface area contributed by atoms with Gasteiger partial charge >= 0.3 is 6.09 Å². The number of benzene rings is 1. The Bertz CT molecular complexity index is 1060. The highest BCUT2D eigenvalue weighted by Gasteiger charge is 2.19. The van der Waals surface area contributed by atoms with E-state index in [2.05, 4.69) is 4.98 Å². The van der Waals surface area contributed by atoms with Crippen LogP contribution in [0.1, 0.15) is 16.1 Å². The molecule has 1 aromatic carbocycles. The Labute approximate surface area is 171 Å². The van der Waals surface area contributed by atoms with Gasteiger partial charge in [-0.3, -0.25) is 9.78 Å². The molecule has 0 radical (unpaired) electrons. The van der Waals surface area contributed by atoms with E-state index in [4.69, 9.17) is 31.2 Å². The Morgan fingerprint density at radius 1 is 1.21 bits per heavy atom. The molecular formula is C20H18ClN3O5. The van der Waals surface area contributed by atoms with E-state index in [-0.39, 0.29) is 12.5 Å². The number of furan rings is 1. The highest BCUT2D eigenvalue weighted by Crippen LogP contribution is 2.32. The van der Waals surface area contributed by atoms with Crippen LogP contribution in [-0.4, -0.2) is 48.2 Å². The van der Waals surface area contributed by atoms with Gasteiger partial charge in [0.25, 0.3) is 5.91 Å². The van der Waals surface area contributed by atoms with E-state index in [0.717, 1.165) is 10.9 Å². The summed E-state index contributed by atoms with van der Waals surface area (Å²) in [5.74, 6) is 0.368. The minimum Gasteiger partial charge on any atom is -0.456 e. The molecule has 150 valence electrons. The largest absolute Gasteiger partial charge is 0.456 e. The first-order chi connectivity index (χ1) is 14.0. The predicted octanol–water partition coefficient (Wildman–Crippen LogP) is 3.22. The molecule has 2 amide bonds. The van der Waals surface area contributed by atoms with Crippen LogP contribution in [0.3, 0.4) is 0 Å². The third-order valence-electron chi connectivity index (χ3n) is 4.58. The molecule has 9 heteroatoms. The fourth-order valence-corrected chi connectivity index (χ4v) is 3.43. The first kappa shape index (κ1) is 19.2. The molecule has 1 aliphatic heterocycles. The number of primary amides is 1. The van der Waals surface area contributed by atoms with E-state index in [9.17, 15) is 9.59 Å². The maximum Gasteiger partial charge on any atom is 0.404 e. The second-order valence-corrected chi connectivity index (χ2v) is 6.94. The van der Waals surface area contributed by atoms with Crippen LogP contribution in [0.15, 0.2) is 40.9 Å². The van der Waals surface area contributed by atoms with E-state index in [1.165, 1.54) is 0 Å². The number of fused-ring (bicyclic) bond motifs is 1. The molecule has 0 aliphatic carbocycles. The van der Waals surface area contributed by atoms with Gasteiger partial charge in [-0.25, -0.2) is 4.79 Å². The summed E-state index contributed by atoms with van der Waals surface area (Å²) in [5, 5.41) is 1.14. The van der Waals surface area contributed by atoms with Gasteiger partial charge in [-0.05, 0) is 30.3 Å². The van der Waals surface area contributed by atoms with Crippen LogP contribution < -0.4 is 5.73 Å². The Morgan fingerprint density at radius 3 is 2.69 bits per heavy atom. The zero-order valence-electron chi connectivity index (χ0n) is 15.4. The second-order valence-electron chi connectivity index (χ2n) is 6.53. The number of nitrogens with two attached hydrogens (primary N) is 1. The Hall–Kier alpha value is -3.10. The van der Waals surface area contributed by atoms with Crippen molar-refractivity contribution < 1.29 is 23.5 Å². The fourth-order valence-electron chi connectivity index (χ4n) is 3.17. The zero-order valence-corrected chi connectivity index (χ0v) is 16.1. The third-order valence-corrected chi connectivity index (χ3v) is 4.86. The monoisotopic (exact) mass is 415 g/mol. The van der Waals surface area contributed by atoms with Gasteiger partial charge in [-0.15, -0.1) is 0 Å².